The Morgan fingerprint density at radius 2 is 1.00 bits per heavy atom. The van der Waals surface area contributed by atoms with E-state index in [9.17, 15) is 9.59 Å². The Balaban J connectivity index is 5.39. The molecule has 0 amide bonds. The minimum atomic E-state index is -0.827. The summed E-state index contributed by atoms with van der Waals surface area (Å²) >= 11 is 0. The average molecular weight is 288 g/mol. The molecule has 6 nitrogen and oxygen atoms in total. The van der Waals surface area contributed by atoms with Gasteiger partial charge in [-0.25, -0.2) is 0 Å². The summed E-state index contributed by atoms with van der Waals surface area (Å²) in [4.78, 5) is 24.0. The van der Waals surface area contributed by atoms with Crippen molar-refractivity contribution in [1.82, 2.24) is 10.6 Å². The topological polar surface area (TPSA) is 76.7 Å². The van der Waals surface area contributed by atoms with E-state index < -0.39 is 24.0 Å². The molecule has 20 heavy (non-hydrogen) atoms. The fourth-order valence-electron chi connectivity index (χ4n) is 1.74. The van der Waals surface area contributed by atoms with Crippen LogP contribution in [0, 0.1) is 0 Å². The van der Waals surface area contributed by atoms with Crippen LogP contribution >= 0.6 is 0 Å². The molecule has 0 aliphatic heterocycles. The molecule has 0 aromatic carbocycles. The second-order valence-corrected chi connectivity index (χ2v) is 6.79. The number of carbonyl (C=O) groups is 2. The first-order valence-corrected chi connectivity index (χ1v) is 6.62. The second-order valence-electron chi connectivity index (χ2n) is 6.79. The molecule has 0 unspecified atom stereocenters. The summed E-state index contributed by atoms with van der Waals surface area (Å²) in [5.41, 5.74) is -0.713. The molecule has 0 spiro atoms. The lowest BCUT2D eigenvalue weighted by atomic mass is 9.99. The molecule has 0 fully saturated rings. The molecule has 2 N–H and O–H groups in total. The lowest BCUT2D eigenvalue weighted by molar-refractivity contribution is -0.153. The minimum absolute atomic E-state index is 0.356. The van der Waals surface area contributed by atoms with Gasteiger partial charge >= 0.3 is 11.9 Å². The number of hydrogen-bond acceptors (Lipinski definition) is 6. The summed E-state index contributed by atoms with van der Waals surface area (Å²) in [7, 11) is 2.59. The van der Waals surface area contributed by atoms with Gasteiger partial charge in [0.25, 0.3) is 0 Å². The first-order chi connectivity index (χ1) is 8.91. The summed E-state index contributed by atoms with van der Waals surface area (Å²) in [6.07, 6.45) is 0. The van der Waals surface area contributed by atoms with Gasteiger partial charge < -0.3 is 9.47 Å². The van der Waals surface area contributed by atoms with Crippen LogP contribution in [0.4, 0.5) is 0 Å². The highest BCUT2D eigenvalue weighted by Gasteiger charge is 2.39. The van der Waals surface area contributed by atoms with Gasteiger partial charge in [-0.3, -0.25) is 20.2 Å². The predicted molar refractivity (Wildman–Crippen MR) is 77.4 cm³/mol. The van der Waals surface area contributed by atoms with Gasteiger partial charge in [0.15, 0.2) is 0 Å². The first-order valence-electron chi connectivity index (χ1n) is 6.62. The number of esters is 2. The maximum atomic E-state index is 12.0. The Labute approximate surface area is 121 Å². The fraction of sp³-hybridized carbons (Fsp3) is 0.857. The van der Waals surface area contributed by atoms with Crippen molar-refractivity contribution < 1.29 is 19.1 Å². The zero-order valence-corrected chi connectivity index (χ0v) is 13.8. The van der Waals surface area contributed by atoms with Crippen LogP contribution in [0.5, 0.6) is 0 Å². The van der Waals surface area contributed by atoms with Gasteiger partial charge in [-0.2, -0.15) is 0 Å². The molecule has 0 aromatic heterocycles. The normalized spacial score (nSPS) is 15.4. The Hall–Kier alpha value is -1.14. The summed E-state index contributed by atoms with van der Waals surface area (Å²) in [5.74, 6) is -1.01. The molecule has 0 aliphatic rings. The molecule has 0 bridgehead atoms. The summed E-state index contributed by atoms with van der Waals surface area (Å²) in [5, 5.41) is 6.21. The standard InChI is InChI=1S/C14H28N2O4/c1-13(2,3)15-9(11(17)19-7)10(12(18)20-8)16-14(4,5)6/h9-10,15-16H,1-8H3/t9-,10-/m1/s1. The molecule has 0 saturated heterocycles. The molecule has 0 rings (SSSR count). The largest absolute Gasteiger partial charge is 0.468 e. The van der Waals surface area contributed by atoms with Gasteiger partial charge in [0.2, 0.25) is 0 Å². The zero-order valence-electron chi connectivity index (χ0n) is 13.8. The molecule has 118 valence electrons. The van der Waals surface area contributed by atoms with Gasteiger partial charge in [-0.05, 0) is 41.5 Å². The number of hydrogen-bond donors (Lipinski definition) is 2. The van der Waals surface area contributed by atoms with Crippen molar-refractivity contribution in [3.63, 3.8) is 0 Å². The summed E-state index contributed by atoms with van der Waals surface area (Å²) in [6, 6.07) is -1.65. The van der Waals surface area contributed by atoms with E-state index in [0.29, 0.717) is 0 Å². The van der Waals surface area contributed by atoms with Crippen molar-refractivity contribution in [3.8, 4) is 0 Å². The fourth-order valence-corrected chi connectivity index (χ4v) is 1.74. The highest BCUT2D eigenvalue weighted by Crippen LogP contribution is 2.11. The molecular weight excluding hydrogens is 260 g/mol. The van der Waals surface area contributed by atoms with Crippen molar-refractivity contribution in [2.24, 2.45) is 0 Å². The van der Waals surface area contributed by atoms with Crippen LogP contribution in [-0.2, 0) is 19.1 Å². The van der Waals surface area contributed by atoms with E-state index in [-0.39, 0.29) is 11.1 Å². The Bertz CT molecular complexity index is 308. The van der Waals surface area contributed by atoms with Crippen molar-refractivity contribution in [2.45, 2.75) is 64.7 Å². The Morgan fingerprint density at radius 3 is 1.15 bits per heavy atom. The van der Waals surface area contributed by atoms with Crippen LogP contribution in [0.1, 0.15) is 41.5 Å². The third kappa shape index (κ3) is 6.86. The first kappa shape index (κ1) is 18.9. The maximum Gasteiger partial charge on any atom is 0.325 e. The minimum Gasteiger partial charge on any atom is -0.468 e. The molecule has 6 heteroatoms. The molecule has 0 radical (unpaired) electrons. The smallest absolute Gasteiger partial charge is 0.325 e. The lowest BCUT2D eigenvalue weighted by Gasteiger charge is -2.35. The lowest BCUT2D eigenvalue weighted by Crippen LogP contribution is -2.64. The van der Waals surface area contributed by atoms with Gasteiger partial charge in [-0.15, -0.1) is 0 Å². The van der Waals surface area contributed by atoms with E-state index in [1.807, 2.05) is 41.5 Å². The van der Waals surface area contributed by atoms with E-state index in [1.165, 1.54) is 14.2 Å². The third-order valence-electron chi connectivity index (χ3n) is 2.42. The van der Waals surface area contributed by atoms with Crippen molar-refractivity contribution >= 4 is 11.9 Å². The number of methoxy groups -OCH3 is 2. The van der Waals surface area contributed by atoms with E-state index >= 15 is 0 Å². The van der Waals surface area contributed by atoms with E-state index in [1.54, 1.807) is 0 Å². The van der Waals surface area contributed by atoms with Crippen LogP contribution < -0.4 is 10.6 Å². The Morgan fingerprint density at radius 1 is 0.750 bits per heavy atom. The van der Waals surface area contributed by atoms with Crippen LogP contribution in [0.3, 0.4) is 0 Å². The van der Waals surface area contributed by atoms with Crippen molar-refractivity contribution in [3.05, 3.63) is 0 Å². The van der Waals surface area contributed by atoms with Crippen LogP contribution in [0.15, 0.2) is 0 Å². The van der Waals surface area contributed by atoms with Crippen LogP contribution in [0.2, 0.25) is 0 Å². The predicted octanol–water partition coefficient (Wildman–Crippen LogP) is 0.846. The van der Waals surface area contributed by atoms with Crippen LogP contribution in [0.25, 0.3) is 0 Å². The number of nitrogens with one attached hydrogen (secondary N) is 2. The number of rotatable bonds is 5. The van der Waals surface area contributed by atoms with Gasteiger partial charge in [0, 0.05) is 11.1 Å². The summed E-state index contributed by atoms with van der Waals surface area (Å²) < 4.78 is 9.60. The molecule has 0 aliphatic carbocycles. The van der Waals surface area contributed by atoms with E-state index in [4.69, 9.17) is 9.47 Å². The number of carbonyl (C=O) groups excluding carboxylic acids is 2. The molecule has 0 heterocycles. The highest BCUT2D eigenvalue weighted by atomic mass is 16.5. The molecule has 0 aromatic rings. The van der Waals surface area contributed by atoms with Gasteiger partial charge in [0.1, 0.15) is 12.1 Å². The second kappa shape index (κ2) is 7.04. The number of ether oxygens (including phenoxy) is 2. The monoisotopic (exact) mass is 288 g/mol. The SMILES string of the molecule is COC(=O)[C@H](NC(C)(C)C)[C@@H](NC(C)(C)C)C(=O)OC. The molecule has 0 saturated carbocycles. The highest BCUT2D eigenvalue weighted by molar-refractivity contribution is 5.87. The molecular formula is C14H28N2O4. The average Bonchev–Trinajstić information content (AvgIpc) is 2.29. The van der Waals surface area contributed by atoms with Crippen molar-refractivity contribution in [2.75, 3.05) is 14.2 Å². The maximum absolute atomic E-state index is 12.0. The van der Waals surface area contributed by atoms with Gasteiger partial charge in [-0.1, -0.05) is 0 Å². The Kier molecular flexibility index (Phi) is 6.64. The van der Waals surface area contributed by atoms with E-state index in [0.717, 1.165) is 0 Å². The molecule has 2 atom stereocenters. The zero-order chi connectivity index (χ0) is 16.1. The van der Waals surface area contributed by atoms with E-state index in [2.05, 4.69) is 10.6 Å². The van der Waals surface area contributed by atoms with Gasteiger partial charge in [0.05, 0.1) is 14.2 Å². The van der Waals surface area contributed by atoms with Crippen LogP contribution in [-0.4, -0.2) is 49.3 Å². The quantitative estimate of drug-likeness (QED) is 0.730. The third-order valence-corrected chi connectivity index (χ3v) is 2.42. The summed E-state index contributed by atoms with van der Waals surface area (Å²) in [6.45, 7) is 11.5. The van der Waals surface area contributed by atoms with Crippen molar-refractivity contribution in [1.29, 1.82) is 0 Å².